The number of nitrogens with zero attached hydrogens (tertiary/aromatic N) is 3. The van der Waals surface area contributed by atoms with E-state index in [1.54, 1.807) is 4.68 Å². The van der Waals surface area contributed by atoms with Crippen molar-refractivity contribution in [1.82, 2.24) is 9.78 Å². The van der Waals surface area contributed by atoms with Gasteiger partial charge in [0, 0.05) is 0 Å². The fraction of sp³-hybridized carbons (Fsp3) is 0.429. The van der Waals surface area contributed by atoms with Gasteiger partial charge in [0.25, 0.3) is 0 Å². The lowest BCUT2D eigenvalue weighted by Gasteiger charge is -2.03. The molecule has 1 aromatic heterocycles. The Bertz CT molecular complexity index is 353. The van der Waals surface area contributed by atoms with Gasteiger partial charge in [-0.25, -0.2) is 0 Å². The number of nitriles is 1. The monoisotopic (exact) mass is 369 g/mol. The van der Waals surface area contributed by atoms with Gasteiger partial charge in [-0.3, -0.25) is 4.68 Å². The van der Waals surface area contributed by atoms with Crippen LogP contribution in [0.2, 0.25) is 0 Å². The van der Waals surface area contributed by atoms with Crippen LogP contribution in [0.25, 0.3) is 0 Å². The number of hydrogen-bond donors (Lipinski definition) is 0. The molecule has 3 nitrogen and oxygen atoms in total. The normalized spacial score (nSPS) is 12.5. The van der Waals surface area contributed by atoms with Gasteiger partial charge >= 0.3 is 0 Å². The first-order valence-corrected chi connectivity index (χ1v) is 5.91. The first kappa shape index (κ1) is 11.2. The summed E-state index contributed by atoms with van der Waals surface area (Å²) in [5.74, 6) is -0.0463. The second-order valence-electron chi connectivity index (χ2n) is 2.61. The van der Waals surface area contributed by atoms with Crippen molar-refractivity contribution < 1.29 is 0 Å². The SMILES string of the molecule is CC(C#N)Cn1nc(Br)c(Br)c1Br. The Morgan fingerprint density at radius 3 is 2.54 bits per heavy atom. The summed E-state index contributed by atoms with van der Waals surface area (Å²) in [6.45, 7) is 2.44. The standard InChI is InChI=1S/C7H6Br3N3/c1-4(2-11)3-13-7(10)5(8)6(9)12-13/h4H,3H2,1H3. The van der Waals surface area contributed by atoms with Gasteiger partial charge in [0.05, 0.1) is 23.0 Å². The van der Waals surface area contributed by atoms with Crippen molar-refractivity contribution in [3.05, 3.63) is 13.7 Å². The third kappa shape index (κ3) is 2.55. The van der Waals surface area contributed by atoms with E-state index in [1.807, 2.05) is 6.92 Å². The van der Waals surface area contributed by atoms with Gasteiger partial charge in [-0.05, 0) is 54.7 Å². The van der Waals surface area contributed by atoms with Gasteiger partial charge in [0.2, 0.25) is 0 Å². The molecule has 0 aliphatic rings. The van der Waals surface area contributed by atoms with Gasteiger partial charge in [-0.1, -0.05) is 0 Å². The highest BCUT2D eigenvalue weighted by Gasteiger charge is 2.12. The van der Waals surface area contributed by atoms with E-state index in [1.165, 1.54) is 0 Å². The number of aromatic nitrogens is 2. The highest BCUT2D eigenvalue weighted by Crippen LogP contribution is 2.30. The highest BCUT2D eigenvalue weighted by atomic mass is 79.9. The Morgan fingerprint density at radius 2 is 2.15 bits per heavy atom. The van der Waals surface area contributed by atoms with E-state index < -0.39 is 0 Å². The molecule has 0 aliphatic carbocycles. The van der Waals surface area contributed by atoms with Crippen molar-refractivity contribution >= 4 is 47.8 Å². The van der Waals surface area contributed by atoms with Crippen molar-refractivity contribution in [2.24, 2.45) is 5.92 Å². The van der Waals surface area contributed by atoms with E-state index in [9.17, 15) is 0 Å². The van der Waals surface area contributed by atoms with Crippen molar-refractivity contribution in [3.63, 3.8) is 0 Å². The highest BCUT2D eigenvalue weighted by molar-refractivity contribution is 9.14. The molecule has 0 amide bonds. The van der Waals surface area contributed by atoms with E-state index in [2.05, 4.69) is 59.0 Å². The van der Waals surface area contributed by atoms with Crippen molar-refractivity contribution in [2.75, 3.05) is 0 Å². The summed E-state index contributed by atoms with van der Waals surface area (Å²) in [6.07, 6.45) is 0. The van der Waals surface area contributed by atoms with Crippen LogP contribution in [0.15, 0.2) is 13.7 Å². The minimum absolute atomic E-state index is 0.0463. The molecule has 70 valence electrons. The average Bonchev–Trinajstić information content (AvgIpc) is 2.34. The maximum atomic E-state index is 8.63. The molecule has 13 heavy (non-hydrogen) atoms. The van der Waals surface area contributed by atoms with Crippen LogP contribution in [-0.2, 0) is 6.54 Å². The van der Waals surface area contributed by atoms with Gasteiger partial charge < -0.3 is 0 Å². The summed E-state index contributed by atoms with van der Waals surface area (Å²) in [6, 6.07) is 2.16. The molecule has 6 heteroatoms. The maximum absolute atomic E-state index is 8.63. The summed E-state index contributed by atoms with van der Waals surface area (Å²) >= 11 is 10.0. The van der Waals surface area contributed by atoms with E-state index >= 15 is 0 Å². The minimum Gasteiger partial charge on any atom is -0.255 e. The van der Waals surface area contributed by atoms with E-state index in [0.717, 1.165) is 13.7 Å². The minimum atomic E-state index is -0.0463. The van der Waals surface area contributed by atoms with Crippen molar-refractivity contribution in [2.45, 2.75) is 13.5 Å². The fourth-order valence-electron chi connectivity index (χ4n) is 0.813. The van der Waals surface area contributed by atoms with Gasteiger partial charge in [0.1, 0.15) is 9.21 Å². The number of hydrogen-bond acceptors (Lipinski definition) is 2. The molecule has 0 radical (unpaired) electrons. The lowest BCUT2D eigenvalue weighted by Crippen LogP contribution is -2.07. The summed E-state index contributed by atoms with van der Waals surface area (Å²) in [4.78, 5) is 0. The molecule has 0 aromatic carbocycles. The first-order chi connectivity index (χ1) is 6.06. The molecule has 0 saturated carbocycles. The van der Waals surface area contributed by atoms with E-state index in [0.29, 0.717) is 6.54 Å². The number of rotatable bonds is 2. The third-order valence-electron chi connectivity index (χ3n) is 1.46. The molecule has 1 atom stereocenters. The zero-order valence-corrected chi connectivity index (χ0v) is 11.5. The Kier molecular flexibility index (Phi) is 3.95. The smallest absolute Gasteiger partial charge is 0.143 e. The second-order valence-corrected chi connectivity index (χ2v) is 4.90. The molecule has 0 spiro atoms. The van der Waals surface area contributed by atoms with Crippen LogP contribution in [0.3, 0.4) is 0 Å². The van der Waals surface area contributed by atoms with Crippen LogP contribution in [0.1, 0.15) is 6.92 Å². The molecule has 1 heterocycles. The summed E-state index contributed by atoms with van der Waals surface area (Å²) in [5, 5.41) is 12.8. The molecule has 0 aliphatic heterocycles. The quantitative estimate of drug-likeness (QED) is 0.800. The van der Waals surface area contributed by atoms with Gasteiger partial charge in [0.15, 0.2) is 0 Å². The maximum Gasteiger partial charge on any atom is 0.143 e. The van der Waals surface area contributed by atoms with Crippen LogP contribution in [-0.4, -0.2) is 9.78 Å². The molecular weight excluding hydrogens is 366 g/mol. The average molecular weight is 372 g/mol. The zero-order valence-electron chi connectivity index (χ0n) is 6.76. The van der Waals surface area contributed by atoms with E-state index in [4.69, 9.17) is 5.26 Å². The van der Waals surface area contributed by atoms with E-state index in [-0.39, 0.29) is 5.92 Å². The molecule has 0 saturated heterocycles. The lowest BCUT2D eigenvalue weighted by atomic mass is 10.2. The van der Waals surface area contributed by atoms with Crippen LogP contribution in [0, 0.1) is 17.2 Å². The Hall–Kier alpha value is 0.140. The molecule has 1 unspecified atom stereocenters. The summed E-state index contributed by atoms with van der Waals surface area (Å²) in [7, 11) is 0. The second kappa shape index (κ2) is 4.58. The van der Waals surface area contributed by atoms with Crippen LogP contribution in [0.5, 0.6) is 0 Å². The molecule has 0 N–H and O–H groups in total. The predicted octanol–water partition coefficient (Wildman–Crippen LogP) is 3.33. The number of halogens is 3. The molecular formula is C7H6Br3N3. The largest absolute Gasteiger partial charge is 0.255 e. The Labute approximate surface area is 101 Å². The molecule has 0 fully saturated rings. The summed E-state index contributed by atoms with van der Waals surface area (Å²) in [5.41, 5.74) is 0. The van der Waals surface area contributed by atoms with Gasteiger partial charge in [-0.2, -0.15) is 10.4 Å². The van der Waals surface area contributed by atoms with Crippen LogP contribution in [0.4, 0.5) is 0 Å². The van der Waals surface area contributed by atoms with Crippen molar-refractivity contribution in [1.29, 1.82) is 5.26 Å². The first-order valence-electron chi connectivity index (χ1n) is 3.53. The topological polar surface area (TPSA) is 41.6 Å². The summed E-state index contributed by atoms with van der Waals surface area (Å²) < 4.78 is 4.20. The zero-order chi connectivity index (χ0) is 10.0. The van der Waals surface area contributed by atoms with Crippen LogP contribution >= 0.6 is 47.8 Å². The molecule has 1 aromatic rings. The molecule has 0 bridgehead atoms. The lowest BCUT2D eigenvalue weighted by molar-refractivity contribution is 0.518. The molecule has 1 rings (SSSR count). The van der Waals surface area contributed by atoms with Crippen LogP contribution < -0.4 is 0 Å². The van der Waals surface area contributed by atoms with Gasteiger partial charge in [-0.15, -0.1) is 0 Å². The Morgan fingerprint density at radius 1 is 1.54 bits per heavy atom. The third-order valence-corrected chi connectivity index (χ3v) is 4.64. The fourth-order valence-corrected chi connectivity index (χ4v) is 2.15. The van der Waals surface area contributed by atoms with Crippen molar-refractivity contribution in [3.8, 4) is 6.07 Å². The Balaban J connectivity index is 2.91. The predicted molar refractivity (Wildman–Crippen MR) is 60.1 cm³/mol.